The third-order valence-corrected chi connectivity index (χ3v) is 4.32. The van der Waals surface area contributed by atoms with Crippen molar-refractivity contribution in [3.63, 3.8) is 0 Å². The average molecular weight is 399 g/mol. The molecule has 154 valence electrons. The number of aliphatic hydroxyl groups is 2. The lowest BCUT2D eigenvalue weighted by Gasteiger charge is -2.23. The van der Waals surface area contributed by atoms with Crippen molar-refractivity contribution < 1.29 is 24.6 Å². The van der Waals surface area contributed by atoms with E-state index in [0.717, 1.165) is 11.1 Å². The van der Waals surface area contributed by atoms with Gasteiger partial charge in [-0.05, 0) is 17.5 Å². The number of rotatable bonds is 10. The number of nitrogens with one attached hydrogen (secondary N) is 2. The maximum atomic E-state index is 12.6. The van der Waals surface area contributed by atoms with Crippen LogP contribution < -0.4 is 16.4 Å². The Morgan fingerprint density at radius 2 is 1.41 bits per heavy atom. The molecule has 0 radical (unpaired) electrons. The molecule has 3 amide bonds. The average Bonchev–Trinajstić information content (AvgIpc) is 2.71. The molecule has 8 nitrogen and oxygen atoms in total. The van der Waals surface area contributed by atoms with Crippen LogP contribution in [0.1, 0.15) is 17.5 Å². The highest BCUT2D eigenvalue weighted by Gasteiger charge is 2.29. The number of amides is 3. The van der Waals surface area contributed by atoms with Gasteiger partial charge >= 0.3 is 0 Å². The van der Waals surface area contributed by atoms with E-state index in [1.165, 1.54) is 0 Å². The predicted octanol–water partition coefficient (Wildman–Crippen LogP) is -0.372. The van der Waals surface area contributed by atoms with E-state index in [1.807, 2.05) is 36.4 Å². The second-order valence-electron chi connectivity index (χ2n) is 6.60. The molecule has 2 atom stereocenters. The summed E-state index contributed by atoms with van der Waals surface area (Å²) < 4.78 is 0. The Kier molecular flexibility index (Phi) is 8.32. The first-order chi connectivity index (χ1) is 13.9. The second-order valence-corrected chi connectivity index (χ2v) is 6.60. The van der Waals surface area contributed by atoms with Gasteiger partial charge in [0.1, 0.15) is 6.04 Å². The Balaban J connectivity index is 2.06. The summed E-state index contributed by atoms with van der Waals surface area (Å²) in [6, 6.07) is 15.8. The zero-order chi connectivity index (χ0) is 21.2. The van der Waals surface area contributed by atoms with Crippen molar-refractivity contribution in [1.29, 1.82) is 0 Å². The van der Waals surface area contributed by atoms with Gasteiger partial charge in [0.05, 0.1) is 0 Å². The van der Waals surface area contributed by atoms with E-state index in [-0.39, 0.29) is 18.7 Å². The molecule has 0 aliphatic heterocycles. The van der Waals surface area contributed by atoms with Gasteiger partial charge in [-0.15, -0.1) is 0 Å². The maximum absolute atomic E-state index is 12.6. The van der Waals surface area contributed by atoms with Crippen LogP contribution in [0.5, 0.6) is 0 Å². The quantitative estimate of drug-likeness (QED) is 0.347. The Morgan fingerprint density at radius 1 is 0.862 bits per heavy atom. The highest BCUT2D eigenvalue weighted by Crippen LogP contribution is 2.06. The lowest BCUT2D eigenvalue weighted by atomic mass is 10.0. The van der Waals surface area contributed by atoms with E-state index in [0.29, 0.717) is 6.42 Å². The largest absolute Gasteiger partial charge is 0.368 e. The summed E-state index contributed by atoms with van der Waals surface area (Å²) in [6.07, 6.45) is -1.31. The van der Waals surface area contributed by atoms with Crippen LogP contribution in [0.3, 0.4) is 0 Å². The molecule has 0 aliphatic carbocycles. The fourth-order valence-electron chi connectivity index (χ4n) is 2.77. The van der Waals surface area contributed by atoms with Crippen LogP contribution in [-0.2, 0) is 27.2 Å². The van der Waals surface area contributed by atoms with E-state index in [4.69, 9.17) is 5.73 Å². The van der Waals surface area contributed by atoms with Gasteiger partial charge in [0, 0.05) is 12.8 Å². The molecular weight excluding hydrogens is 374 g/mol. The lowest BCUT2D eigenvalue weighted by Crippen LogP contribution is -2.57. The highest BCUT2D eigenvalue weighted by molar-refractivity contribution is 5.92. The van der Waals surface area contributed by atoms with Gasteiger partial charge in [-0.25, -0.2) is 0 Å². The fourth-order valence-corrected chi connectivity index (χ4v) is 2.77. The Bertz CT molecular complexity index is 812. The molecule has 2 aromatic carbocycles. The monoisotopic (exact) mass is 399 g/mol. The van der Waals surface area contributed by atoms with E-state index in [9.17, 15) is 24.6 Å². The first-order valence-corrected chi connectivity index (χ1v) is 9.20. The van der Waals surface area contributed by atoms with Crippen LogP contribution in [0.4, 0.5) is 0 Å². The first-order valence-electron chi connectivity index (χ1n) is 9.20. The van der Waals surface area contributed by atoms with Crippen molar-refractivity contribution in [2.24, 2.45) is 5.73 Å². The number of hydrogen-bond acceptors (Lipinski definition) is 5. The van der Waals surface area contributed by atoms with E-state index in [2.05, 4.69) is 10.6 Å². The van der Waals surface area contributed by atoms with Gasteiger partial charge in [0.2, 0.25) is 17.7 Å². The van der Waals surface area contributed by atoms with Crippen molar-refractivity contribution in [2.75, 3.05) is 0 Å². The number of aryl methyl sites for hydroxylation is 1. The zero-order valence-electron chi connectivity index (χ0n) is 15.8. The number of hydrogen-bond donors (Lipinski definition) is 5. The minimum Gasteiger partial charge on any atom is -0.368 e. The topological polar surface area (TPSA) is 142 Å². The molecule has 2 aromatic rings. The molecule has 8 heteroatoms. The molecule has 29 heavy (non-hydrogen) atoms. The minimum atomic E-state index is -2.15. The summed E-state index contributed by atoms with van der Waals surface area (Å²) in [6.45, 7) is 0. The Hall–Kier alpha value is -3.23. The third kappa shape index (κ3) is 7.36. The smallest absolute Gasteiger partial charge is 0.245 e. The third-order valence-electron chi connectivity index (χ3n) is 4.32. The number of aliphatic hydroxyl groups excluding tert-OH is 1. The first kappa shape index (κ1) is 22.1. The summed E-state index contributed by atoms with van der Waals surface area (Å²) in [7, 11) is 0. The number of carbonyl (C=O) groups is 3. The Labute approximate surface area is 168 Å². The standard InChI is InChI=1S/C21H25N3O5/c22-19(26)18(21(28)29)24-20(27)16(13-15-9-5-2-6-10-15)23-17(25)12-11-14-7-3-1-4-8-14/h1-10,16,18,21,28-29H,11-13H2,(H2,22,26)(H,23,25)(H,24,27)/t16-,18?/m0/s1. The van der Waals surface area contributed by atoms with Crippen LogP contribution in [0.2, 0.25) is 0 Å². The molecule has 6 N–H and O–H groups in total. The molecule has 0 saturated carbocycles. The van der Waals surface area contributed by atoms with E-state index < -0.39 is 30.2 Å². The molecular formula is C21H25N3O5. The summed E-state index contributed by atoms with van der Waals surface area (Å²) in [5.74, 6) is -2.17. The molecule has 0 spiro atoms. The molecule has 2 rings (SSSR count). The summed E-state index contributed by atoms with van der Waals surface area (Å²) >= 11 is 0. The van der Waals surface area contributed by atoms with Crippen LogP contribution >= 0.6 is 0 Å². The molecule has 0 fully saturated rings. The van der Waals surface area contributed by atoms with E-state index >= 15 is 0 Å². The molecule has 0 heterocycles. The number of primary amides is 1. The number of benzene rings is 2. The maximum Gasteiger partial charge on any atom is 0.245 e. The molecule has 1 unspecified atom stereocenters. The van der Waals surface area contributed by atoms with Gasteiger partial charge in [0.15, 0.2) is 12.3 Å². The van der Waals surface area contributed by atoms with Crippen LogP contribution in [-0.4, -0.2) is 46.3 Å². The summed E-state index contributed by atoms with van der Waals surface area (Å²) in [5, 5.41) is 23.3. The fraction of sp³-hybridized carbons (Fsp3) is 0.286. The second kappa shape index (κ2) is 10.9. The van der Waals surface area contributed by atoms with Crippen LogP contribution in [0.25, 0.3) is 0 Å². The van der Waals surface area contributed by atoms with Gasteiger partial charge < -0.3 is 26.6 Å². The van der Waals surface area contributed by atoms with Crippen molar-refractivity contribution in [3.05, 3.63) is 71.8 Å². The van der Waals surface area contributed by atoms with Crippen molar-refractivity contribution in [1.82, 2.24) is 10.6 Å². The molecule has 0 aliphatic rings. The minimum absolute atomic E-state index is 0.163. The molecule has 0 aromatic heterocycles. The summed E-state index contributed by atoms with van der Waals surface area (Å²) in [5.41, 5.74) is 6.87. The van der Waals surface area contributed by atoms with Crippen molar-refractivity contribution >= 4 is 17.7 Å². The Morgan fingerprint density at radius 3 is 1.93 bits per heavy atom. The van der Waals surface area contributed by atoms with Crippen molar-refractivity contribution in [3.8, 4) is 0 Å². The normalized spacial score (nSPS) is 12.8. The van der Waals surface area contributed by atoms with Crippen LogP contribution in [0, 0.1) is 0 Å². The predicted molar refractivity (Wildman–Crippen MR) is 106 cm³/mol. The SMILES string of the molecule is NC(=O)C(NC(=O)[C@H](Cc1ccccc1)NC(=O)CCc1ccccc1)C(O)O. The number of carbonyl (C=O) groups excluding carboxylic acids is 3. The number of nitrogens with two attached hydrogens (primary N) is 1. The molecule has 0 bridgehead atoms. The zero-order valence-corrected chi connectivity index (χ0v) is 15.8. The van der Waals surface area contributed by atoms with Crippen LogP contribution in [0.15, 0.2) is 60.7 Å². The van der Waals surface area contributed by atoms with Crippen molar-refractivity contribution in [2.45, 2.75) is 37.6 Å². The lowest BCUT2D eigenvalue weighted by molar-refractivity contribution is -0.140. The summed E-state index contributed by atoms with van der Waals surface area (Å²) in [4.78, 5) is 36.4. The molecule has 0 saturated heterocycles. The highest BCUT2D eigenvalue weighted by atomic mass is 16.5. The van der Waals surface area contributed by atoms with Gasteiger partial charge in [-0.3, -0.25) is 14.4 Å². The van der Waals surface area contributed by atoms with Gasteiger partial charge in [-0.1, -0.05) is 60.7 Å². The van der Waals surface area contributed by atoms with Gasteiger partial charge in [0.25, 0.3) is 0 Å². The van der Waals surface area contributed by atoms with E-state index in [1.54, 1.807) is 24.3 Å². The van der Waals surface area contributed by atoms with Gasteiger partial charge in [-0.2, -0.15) is 0 Å².